The van der Waals surface area contributed by atoms with Gasteiger partial charge in [0.2, 0.25) is 0 Å². The Morgan fingerprint density at radius 1 is 1.13 bits per heavy atom. The molecule has 9 nitrogen and oxygen atoms in total. The Hall–Kier alpha value is -1.92. The number of ether oxygens (including phenoxy) is 3. The Bertz CT molecular complexity index is 792. The third kappa shape index (κ3) is 9.83. The number of rotatable bonds is 6. The van der Waals surface area contributed by atoms with Crippen molar-refractivity contribution in [2.24, 2.45) is 5.92 Å². The summed E-state index contributed by atoms with van der Waals surface area (Å²) in [6, 6.07) is 0. The van der Waals surface area contributed by atoms with Crippen LogP contribution in [0.25, 0.3) is 5.57 Å². The maximum absolute atomic E-state index is 12.6. The number of aromatic nitrogens is 2. The normalized spacial score (nSPS) is 13.3. The number of esters is 1. The minimum atomic E-state index is -0.776. The van der Waals surface area contributed by atoms with Gasteiger partial charge in [-0.3, -0.25) is 0 Å². The molecule has 0 aromatic carbocycles. The number of hydrogen-bond donors (Lipinski definition) is 0. The topological polar surface area (TPSA) is 100.0 Å². The fraction of sp³-hybridized carbons (Fsp3) is 0.619. The monoisotopic (exact) mass is 627 g/mol. The van der Waals surface area contributed by atoms with Crippen LogP contribution in [0.4, 0.5) is 9.59 Å². The van der Waals surface area contributed by atoms with Crippen LogP contribution in [0, 0.1) is 5.92 Å². The van der Waals surface area contributed by atoms with E-state index in [2.05, 4.69) is 4.98 Å². The Kier molecular flexibility index (Phi) is 9.71. The van der Waals surface area contributed by atoms with Gasteiger partial charge in [0.25, 0.3) is 0 Å². The van der Waals surface area contributed by atoms with Crippen LogP contribution in [0.15, 0.2) is 18.6 Å². The second kappa shape index (κ2) is 11.1. The van der Waals surface area contributed by atoms with Gasteiger partial charge in [0.05, 0.1) is 0 Å². The first-order valence-corrected chi connectivity index (χ1v) is 11.9. The Morgan fingerprint density at radius 2 is 1.65 bits per heavy atom. The molecule has 1 unspecified atom stereocenters. The Labute approximate surface area is 200 Å². The molecule has 1 heterocycles. The predicted molar refractivity (Wildman–Crippen MR) is 116 cm³/mol. The summed E-state index contributed by atoms with van der Waals surface area (Å²) in [6.45, 7) is 12.3. The molecule has 0 aliphatic heterocycles. The van der Waals surface area contributed by atoms with Crippen LogP contribution < -0.4 is 0 Å². The van der Waals surface area contributed by atoms with Crippen molar-refractivity contribution in [2.45, 2.75) is 66.1 Å². The molecule has 0 spiro atoms. The van der Waals surface area contributed by atoms with E-state index in [0.717, 1.165) is 4.90 Å². The average Bonchev–Trinajstić information content (AvgIpc) is 3.02. The van der Waals surface area contributed by atoms with Gasteiger partial charge < -0.3 is 0 Å². The van der Waals surface area contributed by atoms with Gasteiger partial charge in [0, 0.05) is 0 Å². The van der Waals surface area contributed by atoms with Crippen LogP contribution in [-0.2, 0) is 19.0 Å². The summed E-state index contributed by atoms with van der Waals surface area (Å²) in [5.41, 5.74) is -0.657. The average molecular weight is 627 g/mol. The zero-order valence-corrected chi connectivity index (χ0v) is 24.1. The zero-order valence-electron chi connectivity index (χ0n) is 19.6. The number of carbonyl (C=O) groups excluding carboxylic acids is 3. The molecule has 0 N–H and O–H groups in total. The molecular weight excluding hydrogens is 595 g/mol. The summed E-state index contributed by atoms with van der Waals surface area (Å²) >= 11 is 0.528. The van der Waals surface area contributed by atoms with Crippen molar-refractivity contribution in [3.8, 4) is 0 Å². The first-order chi connectivity index (χ1) is 14.1. The molecule has 0 fully saturated rings. The summed E-state index contributed by atoms with van der Waals surface area (Å²) in [5.74, 6) is -0.674. The molecule has 0 bridgehead atoms. The molecule has 1 rings (SSSR count). The number of amides is 2. The molecule has 0 radical (unpaired) electrons. The van der Waals surface area contributed by atoms with Crippen LogP contribution in [0.3, 0.4) is 0 Å². The Balaban J connectivity index is 3.03. The van der Waals surface area contributed by atoms with E-state index in [1.807, 2.05) is 9.30 Å². The van der Waals surface area contributed by atoms with E-state index in [4.69, 9.17) is 14.2 Å². The van der Waals surface area contributed by atoms with Gasteiger partial charge in [0.1, 0.15) is 0 Å². The van der Waals surface area contributed by atoms with Crippen molar-refractivity contribution < 1.29 is 28.6 Å². The van der Waals surface area contributed by atoms with Crippen molar-refractivity contribution in [3.05, 3.63) is 24.3 Å². The second-order valence-corrected chi connectivity index (χ2v) is 11.5. The summed E-state index contributed by atoms with van der Waals surface area (Å²) in [4.78, 5) is 42.7. The van der Waals surface area contributed by atoms with E-state index in [-0.39, 0.29) is 12.5 Å². The Morgan fingerprint density at radius 3 is 2.03 bits per heavy atom. The number of allylic oxidation sites excluding steroid dienone is 1. The van der Waals surface area contributed by atoms with Gasteiger partial charge in [-0.15, -0.1) is 0 Å². The van der Waals surface area contributed by atoms with E-state index in [9.17, 15) is 14.4 Å². The van der Waals surface area contributed by atoms with Crippen molar-refractivity contribution in [3.63, 3.8) is 0 Å². The summed E-state index contributed by atoms with van der Waals surface area (Å²) in [7, 11) is 1.31. The molecule has 2 amide bonds. The van der Waals surface area contributed by atoms with Crippen LogP contribution in [0.5, 0.6) is 0 Å². The molecule has 1 aromatic rings. The van der Waals surface area contributed by atoms with Gasteiger partial charge in [-0.25, -0.2) is 0 Å². The molecule has 1 atom stereocenters. The number of imide groups is 1. The fourth-order valence-corrected chi connectivity index (χ4v) is 3.25. The number of hydrogen-bond acceptors (Lipinski definition) is 7. The van der Waals surface area contributed by atoms with Crippen molar-refractivity contribution in [1.82, 2.24) is 12.3 Å². The molecular formula is C21H32N3O6Tl. The third-order valence-electron chi connectivity index (χ3n) is 3.73. The van der Waals surface area contributed by atoms with E-state index >= 15 is 0 Å². The standard InChI is InChI=1S/C21H32N3O6.Tl/c1-14(9-10-15(17(25)28-8)16-11-22-13-23-16)12-24(18(26)29-20(2,3)4)19(27)30-21(5,6)7;/h10-11,13-14H,9,12H2,1-8H3;/q-1;+1/b15-10-;. The zero-order chi connectivity index (χ0) is 24.0. The number of imidazole rings is 1. The van der Waals surface area contributed by atoms with Gasteiger partial charge in [-0.1, -0.05) is 0 Å². The first kappa shape index (κ1) is 27.1. The summed E-state index contributed by atoms with van der Waals surface area (Å²) < 4.78 is 17.5. The second-order valence-electron chi connectivity index (χ2n) is 9.23. The van der Waals surface area contributed by atoms with Crippen LogP contribution >= 0.6 is 0 Å². The maximum atomic E-state index is 12.6. The van der Waals surface area contributed by atoms with Crippen molar-refractivity contribution in [1.29, 1.82) is 0 Å². The SMILES string of the molecule is COC(=O)/C(=C\CC(C)CN(C(=O)OC(C)(C)C)C(=O)OC(C)(C)C)c1c[n]([Tl])cn1. The van der Waals surface area contributed by atoms with Gasteiger partial charge in [-0.2, -0.15) is 0 Å². The number of carbonyl (C=O) groups is 3. The first-order valence-electron chi connectivity index (χ1n) is 9.94. The molecule has 0 aliphatic rings. The number of methoxy groups -OCH3 is 1. The molecule has 1 aromatic heterocycles. The number of nitrogens with zero attached hydrogens (tertiary/aromatic N) is 3. The molecule has 0 saturated heterocycles. The molecule has 0 saturated carbocycles. The van der Waals surface area contributed by atoms with Crippen molar-refractivity contribution >= 4 is 49.8 Å². The predicted octanol–water partition coefficient (Wildman–Crippen LogP) is 3.57. The third-order valence-corrected chi connectivity index (χ3v) is 4.83. The quantitative estimate of drug-likeness (QED) is 0.206. The van der Waals surface area contributed by atoms with E-state index in [0.29, 0.717) is 43.8 Å². The fourth-order valence-electron chi connectivity index (χ4n) is 2.44. The molecule has 10 heteroatoms. The molecule has 0 aliphatic carbocycles. The van der Waals surface area contributed by atoms with Gasteiger partial charge in [0.15, 0.2) is 0 Å². The van der Waals surface area contributed by atoms with Gasteiger partial charge >= 0.3 is 159 Å². The van der Waals surface area contributed by atoms with E-state index in [1.165, 1.54) is 7.11 Å². The summed E-state index contributed by atoms with van der Waals surface area (Å²) in [5, 5.41) is 0. The van der Waals surface area contributed by atoms with E-state index in [1.54, 1.807) is 60.1 Å². The van der Waals surface area contributed by atoms with Crippen LogP contribution in [-0.4, -0.2) is 81.3 Å². The van der Waals surface area contributed by atoms with Crippen LogP contribution in [0.1, 0.15) is 60.6 Å². The minimum absolute atomic E-state index is 0.0608. The molecule has 170 valence electrons. The summed E-state index contributed by atoms with van der Waals surface area (Å²) in [6.07, 6.45) is 4.01. The molecule has 31 heavy (non-hydrogen) atoms. The van der Waals surface area contributed by atoms with Gasteiger partial charge in [-0.05, 0) is 41.5 Å². The van der Waals surface area contributed by atoms with E-state index < -0.39 is 29.4 Å². The van der Waals surface area contributed by atoms with Crippen LogP contribution in [0.2, 0.25) is 0 Å². The van der Waals surface area contributed by atoms with Crippen molar-refractivity contribution in [2.75, 3.05) is 13.7 Å².